The number of allylic oxidation sites excluding steroid dienone is 1. The first kappa shape index (κ1) is 20.0. The lowest BCUT2D eigenvalue weighted by Crippen LogP contribution is -2.40. The van der Waals surface area contributed by atoms with E-state index in [4.69, 9.17) is 27.9 Å². The number of hydrogen-bond donors (Lipinski definition) is 0. The van der Waals surface area contributed by atoms with Gasteiger partial charge in [0, 0.05) is 18.7 Å². The van der Waals surface area contributed by atoms with Gasteiger partial charge in [0.1, 0.15) is 0 Å². The Morgan fingerprint density at radius 2 is 1.70 bits per heavy atom. The number of rotatable bonds is 5. The van der Waals surface area contributed by atoms with Crippen molar-refractivity contribution in [2.75, 3.05) is 26.3 Å². The van der Waals surface area contributed by atoms with Crippen LogP contribution >= 0.6 is 23.2 Å². The van der Waals surface area contributed by atoms with Crippen LogP contribution in [0.25, 0.3) is 6.08 Å². The van der Waals surface area contributed by atoms with Gasteiger partial charge in [-0.25, -0.2) is 8.42 Å². The van der Waals surface area contributed by atoms with Crippen LogP contribution in [0.5, 0.6) is 0 Å². The van der Waals surface area contributed by atoms with Crippen LogP contribution in [0.1, 0.15) is 15.9 Å². The summed E-state index contributed by atoms with van der Waals surface area (Å²) in [6, 6.07) is 11.0. The molecule has 0 aliphatic carbocycles. The SMILES string of the molecule is O=C(C=Cc1cccc(Cl)c1Cl)c1ccc(S(=O)(=O)N2CCOCC2)cc1. The Morgan fingerprint density at radius 1 is 1.04 bits per heavy atom. The van der Waals surface area contributed by atoms with Crippen molar-refractivity contribution < 1.29 is 17.9 Å². The molecule has 5 nitrogen and oxygen atoms in total. The van der Waals surface area contributed by atoms with E-state index in [2.05, 4.69) is 0 Å². The molecule has 1 heterocycles. The minimum Gasteiger partial charge on any atom is -0.379 e. The lowest BCUT2D eigenvalue weighted by atomic mass is 10.1. The summed E-state index contributed by atoms with van der Waals surface area (Å²) >= 11 is 12.0. The average molecular weight is 426 g/mol. The van der Waals surface area contributed by atoms with Crippen LogP contribution in [0, 0.1) is 0 Å². The first-order chi connectivity index (χ1) is 12.9. The lowest BCUT2D eigenvalue weighted by molar-refractivity contribution is 0.0730. The van der Waals surface area contributed by atoms with Crippen LogP contribution in [-0.4, -0.2) is 44.8 Å². The van der Waals surface area contributed by atoms with Crippen molar-refractivity contribution in [3.8, 4) is 0 Å². The van der Waals surface area contributed by atoms with Gasteiger partial charge in [-0.2, -0.15) is 4.31 Å². The second-order valence-electron chi connectivity index (χ2n) is 5.88. The third kappa shape index (κ3) is 4.59. The van der Waals surface area contributed by atoms with Crippen molar-refractivity contribution in [2.45, 2.75) is 4.90 Å². The molecule has 0 aromatic heterocycles. The first-order valence-electron chi connectivity index (χ1n) is 8.24. The van der Waals surface area contributed by atoms with Crippen molar-refractivity contribution >= 4 is 45.1 Å². The van der Waals surface area contributed by atoms with E-state index in [0.717, 1.165) is 0 Å². The summed E-state index contributed by atoms with van der Waals surface area (Å²) in [6.45, 7) is 1.41. The molecule has 8 heteroatoms. The molecule has 1 aliphatic rings. The number of hydrogen-bond acceptors (Lipinski definition) is 4. The Bertz CT molecular complexity index is 966. The highest BCUT2D eigenvalue weighted by atomic mass is 35.5. The van der Waals surface area contributed by atoms with Crippen LogP contribution in [0.15, 0.2) is 53.4 Å². The molecule has 0 spiro atoms. The fraction of sp³-hybridized carbons (Fsp3) is 0.211. The number of halogens is 2. The number of ether oxygens (including phenoxy) is 1. The van der Waals surface area contributed by atoms with Gasteiger partial charge < -0.3 is 4.74 Å². The normalized spacial score (nSPS) is 15.9. The topological polar surface area (TPSA) is 63.7 Å². The Balaban J connectivity index is 1.75. The molecule has 27 heavy (non-hydrogen) atoms. The molecular weight excluding hydrogens is 409 g/mol. The van der Waals surface area contributed by atoms with Crippen LogP contribution in [-0.2, 0) is 14.8 Å². The van der Waals surface area contributed by atoms with Gasteiger partial charge >= 0.3 is 0 Å². The van der Waals surface area contributed by atoms with E-state index >= 15 is 0 Å². The van der Waals surface area contributed by atoms with Crippen LogP contribution in [0.4, 0.5) is 0 Å². The van der Waals surface area contributed by atoms with Gasteiger partial charge in [0.05, 0.1) is 28.2 Å². The minimum atomic E-state index is -3.58. The summed E-state index contributed by atoms with van der Waals surface area (Å²) in [5, 5.41) is 0.777. The molecule has 0 unspecified atom stereocenters. The predicted octanol–water partition coefficient (Wildman–Crippen LogP) is 3.91. The highest BCUT2D eigenvalue weighted by Crippen LogP contribution is 2.26. The van der Waals surface area contributed by atoms with E-state index in [0.29, 0.717) is 47.5 Å². The molecule has 2 aromatic carbocycles. The van der Waals surface area contributed by atoms with Crippen LogP contribution in [0.2, 0.25) is 10.0 Å². The average Bonchev–Trinajstić information content (AvgIpc) is 2.69. The molecule has 142 valence electrons. The van der Waals surface area contributed by atoms with E-state index in [-0.39, 0.29) is 10.7 Å². The van der Waals surface area contributed by atoms with Gasteiger partial charge in [-0.15, -0.1) is 0 Å². The Hall–Kier alpha value is -1.70. The molecule has 0 saturated carbocycles. The number of morpholine rings is 1. The van der Waals surface area contributed by atoms with Crippen LogP contribution < -0.4 is 0 Å². The summed E-state index contributed by atoms with van der Waals surface area (Å²) < 4.78 is 31.8. The van der Waals surface area contributed by atoms with E-state index < -0.39 is 10.0 Å². The minimum absolute atomic E-state index is 0.155. The van der Waals surface area contributed by atoms with Crippen molar-refractivity contribution in [2.24, 2.45) is 0 Å². The van der Waals surface area contributed by atoms with E-state index in [9.17, 15) is 13.2 Å². The monoisotopic (exact) mass is 425 g/mol. The molecule has 1 aliphatic heterocycles. The van der Waals surface area contributed by atoms with Gasteiger partial charge in [0.25, 0.3) is 0 Å². The predicted molar refractivity (Wildman–Crippen MR) is 106 cm³/mol. The molecule has 3 rings (SSSR count). The third-order valence-electron chi connectivity index (χ3n) is 4.14. The Kier molecular flexibility index (Phi) is 6.34. The van der Waals surface area contributed by atoms with E-state index in [1.165, 1.54) is 34.6 Å². The second-order valence-corrected chi connectivity index (χ2v) is 8.60. The summed E-state index contributed by atoms with van der Waals surface area (Å²) in [5.74, 6) is -0.263. The van der Waals surface area contributed by atoms with Gasteiger partial charge in [-0.05, 0) is 48.0 Å². The first-order valence-corrected chi connectivity index (χ1v) is 10.4. The summed E-state index contributed by atoms with van der Waals surface area (Å²) in [4.78, 5) is 12.5. The quantitative estimate of drug-likeness (QED) is 0.537. The van der Waals surface area contributed by atoms with Gasteiger partial charge in [-0.3, -0.25) is 4.79 Å². The number of sulfonamides is 1. The fourth-order valence-electron chi connectivity index (χ4n) is 2.64. The molecule has 0 N–H and O–H groups in total. The Morgan fingerprint density at radius 3 is 2.37 bits per heavy atom. The van der Waals surface area contributed by atoms with E-state index in [1.54, 1.807) is 24.3 Å². The molecule has 1 fully saturated rings. The van der Waals surface area contributed by atoms with Gasteiger partial charge in [-0.1, -0.05) is 35.3 Å². The molecule has 1 saturated heterocycles. The summed E-state index contributed by atoms with van der Waals surface area (Å²) in [5.41, 5.74) is 1.01. The maximum absolute atomic E-state index is 12.6. The smallest absolute Gasteiger partial charge is 0.243 e. The molecule has 0 atom stereocenters. The Labute approximate surface area is 168 Å². The molecule has 0 amide bonds. The number of carbonyl (C=O) groups is 1. The largest absolute Gasteiger partial charge is 0.379 e. The summed E-state index contributed by atoms with van der Waals surface area (Å²) in [7, 11) is -3.58. The third-order valence-corrected chi connectivity index (χ3v) is 6.89. The van der Waals surface area contributed by atoms with Crippen molar-refractivity contribution in [1.29, 1.82) is 0 Å². The number of nitrogens with zero attached hydrogens (tertiary/aromatic N) is 1. The maximum atomic E-state index is 12.6. The highest BCUT2D eigenvalue weighted by molar-refractivity contribution is 7.89. The zero-order valence-corrected chi connectivity index (χ0v) is 16.6. The molecule has 0 bridgehead atoms. The van der Waals surface area contributed by atoms with Crippen molar-refractivity contribution in [3.05, 3.63) is 69.7 Å². The van der Waals surface area contributed by atoms with Crippen LogP contribution in [0.3, 0.4) is 0 Å². The van der Waals surface area contributed by atoms with Gasteiger partial charge in [0.2, 0.25) is 10.0 Å². The van der Waals surface area contributed by atoms with Crippen molar-refractivity contribution in [1.82, 2.24) is 4.31 Å². The summed E-state index contributed by atoms with van der Waals surface area (Å²) in [6.07, 6.45) is 2.96. The number of benzene rings is 2. The zero-order valence-electron chi connectivity index (χ0n) is 14.3. The second kappa shape index (κ2) is 8.54. The number of carbonyl (C=O) groups excluding carboxylic acids is 1. The molecule has 0 radical (unpaired) electrons. The number of ketones is 1. The molecular formula is C19H17Cl2NO4S. The van der Waals surface area contributed by atoms with Gasteiger partial charge in [0.15, 0.2) is 5.78 Å². The molecule has 2 aromatic rings. The fourth-order valence-corrected chi connectivity index (χ4v) is 4.42. The van der Waals surface area contributed by atoms with Crippen molar-refractivity contribution in [3.63, 3.8) is 0 Å². The van der Waals surface area contributed by atoms with E-state index in [1.807, 2.05) is 0 Å². The maximum Gasteiger partial charge on any atom is 0.243 e. The standard InChI is InChI=1S/C19H17Cl2NO4S/c20-17-3-1-2-15(19(17)21)6-9-18(23)14-4-7-16(8-5-14)27(24,25)22-10-12-26-13-11-22/h1-9H,10-13H2. The lowest BCUT2D eigenvalue weighted by Gasteiger charge is -2.26. The highest BCUT2D eigenvalue weighted by Gasteiger charge is 2.26. The zero-order chi connectivity index (χ0) is 19.4.